The van der Waals surface area contributed by atoms with Gasteiger partial charge in [0.25, 0.3) is 0 Å². The van der Waals surface area contributed by atoms with Crippen molar-refractivity contribution < 1.29 is 14.3 Å². The Balaban J connectivity index is 1.44. The zero-order chi connectivity index (χ0) is 19.9. The molecule has 2 aromatic heterocycles. The standard InChI is InChI=1S/C17H19N7O3S/c1-11-7-19-17(28-11)21-15(25)10-24-9-13(22-23-24)8-18-16(26)20-12-3-5-14(27-2)6-4-12/h3-7,9H,8,10H2,1-2H3,(H2,18,20,26)(H,19,21,25). The first-order valence-electron chi connectivity index (χ1n) is 8.32. The minimum Gasteiger partial charge on any atom is -0.497 e. The van der Waals surface area contributed by atoms with E-state index in [-0.39, 0.29) is 25.0 Å². The molecule has 10 nitrogen and oxygen atoms in total. The number of thiazole rings is 1. The normalized spacial score (nSPS) is 10.4. The molecule has 0 spiro atoms. The molecule has 0 bridgehead atoms. The molecule has 0 radical (unpaired) electrons. The molecule has 0 aliphatic carbocycles. The predicted octanol–water partition coefficient (Wildman–Crippen LogP) is 2.01. The van der Waals surface area contributed by atoms with E-state index in [2.05, 4.69) is 31.2 Å². The second kappa shape index (κ2) is 8.95. The van der Waals surface area contributed by atoms with Crippen molar-refractivity contribution in [3.63, 3.8) is 0 Å². The van der Waals surface area contributed by atoms with Gasteiger partial charge in [0.15, 0.2) is 5.13 Å². The molecule has 0 fully saturated rings. The van der Waals surface area contributed by atoms with Crippen molar-refractivity contribution in [3.8, 4) is 5.75 Å². The SMILES string of the molecule is COc1ccc(NC(=O)NCc2cn(CC(=O)Nc3ncc(C)s3)nn2)cc1. The number of benzene rings is 1. The lowest BCUT2D eigenvalue weighted by Crippen LogP contribution is -2.28. The first-order chi connectivity index (χ1) is 13.5. The third kappa shape index (κ3) is 5.51. The van der Waals surface area contributed by atoms with Crippen molar-refractivity contribution in [1.82, 2.24) is 25.3 Å². The van der Waals surface area contributed by atoms with Gasteiger partial charge in [0.2, 0.25) is 5.91 Å². The van der Waals surface area contributed by atoms with Crippen molar-refractivity contribution in [3.05, 3.63) is 47.2 Å². The van der Waals surface area contributed by atoms with Gasteiger partial charge < -0.3 is 20.7 Å². The highest BCUT2D eigenvalue weighted by atomic mass is 32.1. The fourth-order valence-corrected chi connectivity index (χ4v) is 2.92. The fraction of sp³-hybridized carbons (Fsp3) is 0.235. The lowest BCUT2D eigenvalue weighted by Gasteiger charge is -2.07. The molecule has 0 aliphatic heterocycles. The van der Waals surface area contributed by atoms with Gasteiger partial charge in [0, 0.05) is 16.8 Å². The summed E-state index contributed by atoms with van der Waals surface area (Å²) in [6.07, 6.45) is 3.29. The number of urea groups is 1. The van der Waals surface area contributed by atoms with E-state index in [0.29, 0.717) is 22.3 Å². The van der Waals surface area contributed by atoms with Crippen molar-refractivity contribution in [2.45, 2.75) is 20.0 Å². The molecule has 11 heteroatoms. The maximum atomic E-state index is 12.0. The quantitative estimate of drug-likeness (QED) is 0.556. The Morgan fingerprint density at radius 1 is 1.21 bits per heavy atom. The van der Waals surface area contributed by atoms with E-state index in [1.807, 2.05) is 6.92 Å². The van der Waals surface area contributed by atoms with Crippen LogP contribution in [0.5, 0.6) is 5.75 Å². The zero-order valence-electron chi connectivity index (χ0n) is 15.3. The van der Waals surface area contributed by atoms with Crippen LogP contribution < -0.4 is 20.7 Å². The van der Waals surface area contributed by atoms with Crippen LogP contribution in [0.15, 0.2) is 36.7 Å². The van der Waals surface area contributed by atoms with Crippen molar-refractivity contribution >= 4 is 34.1 Å². The number of nitrogens with zero attached hydrogens (tertiary/aromatic N) is 4. The molecule has 0 aliphatic rings. The molecule has 2 heterocycles. The van der Waals surface area contributed by atoms with E-state index in [4.69, 9.17) is 4.74 Å². The smallest absolute Gasteiger partial charge is 0.319 e. The minimum atomic E-state index is -0.378. The van der Waals surface area contributed by atoms with E-state index in [0.717, 1.165) is 4.88 Å². The number of carbonyl (C=O) groups is 2. The summed E-state index contributed by atoms with van der Waals surface area (Å²) >= 11 is 1.40. The number of aromatic nitrogens is 4. The summed E-state index contributed by atoms with van der Waals surface area (Å²) in [5.41, 5.74) is 1.17. The number of amides is 3. The van der Waals surface area contributed by atoms with Crippen LogP contribution in [-0.2, 0) is 17.9 Å². The molecule has 0 saturated heterocycles. The van der Waals surface area contributed by atoms with Crippen LogP contribution in [0.2, 0.25) is 0 Å². The zero-order valence-corrected chi connectivity index (χ0v) is 16.1. The van der Waals surface area contributed by atoms with Crippen LogP contribution in [0.4, 0.5) is 15.6 Å². The van der Waals surface area contributed by atoms with Crippen LogP contribution in [0, 0.1) is 6.92 Å². The highest BCUT2D eigenvalue weighted by molar-refractivity contribution is 7.15. The molecule has 0 saturated carbocycles. The van der Waals surface area contributed by atoms with Gasteiger partial charge in [-0.15, -0.1) is 16.4 Å². The van der Waals surface area contributed by atoms with Crippen LogP contribution in [0.1, 0.15) is 10.6 Å². The molecule has 3 aromatic rings. The summed E-state index contributed by atoms with van der Waals surface area (Å²) in [6.45, 7) is 2.09. The van der Waals surface area contributed by atoms with Gasteiger partial charge in [-0.1, -0.05) is 5.21 Å². The topological polar surface area (TPSA) is 123 Å². The highest BCUT2D eigenvalue weighted by Gasteiger charge is 2.09. The molecule has 3 rings (SSSR count). The monoisotopic (exact) mass is 401 g/mol. The van der Waals surface area contributed by atoms with Gasteiger partial charge in [-0.3, -0.25) is 4.79 Å². The number of anilines is 2. The second-order valence-corrected chi connectivity index (χ2v) is 7.00. The Kier molecular flexibility index (Phi) is 6.17. The van der Waals surface area contributed by atoms with Gasteiger partial charge >= 0.3 is 6.03 Å². The Bertz CT molecular complexity index is 952. The summed E-state index contributed by atoms with van der Waals surface area (Å²) in [6, 6.07) is 6.59. The minimum absolute atomic E-state index is 0.00364. The number of hydrogen-bond donors (Lipinski definition) is 3. The van der Waals surface area contributed by atoms with Gasteiger partial charge in [0.1, 0.15) is 18.0 Å². The van der Waals surface area contributed by atoms with E-state index >= 15 is 0 Å². The van der Waals surface area contributed by atoms with Crippen LogP contribution in [0.3, 0.4) is 0 Å². The van der Waals surface area contributed by atoms with Crippen LogP contribution in [0.25, 0.3) is 0 Å². The molecular weight excluding hydrogens is 382 g/mol. The third-order valence-corrected chi connectivity index (χ3v) is 4.37. The van der Waals surface area contributed by atoms with E-state index < -0.39 is 0 Å². The van der Waals surface area contributed by atoms with E-state index in [9.17, 15) is 9.59 Å². The number of methoxy groups -OCH3 is 1. The Labute approximate surface area is 164 Å². The molecule has 3 N–H and O–H groups in total. The lowest BCUT2D eigenvalue weighted by atomic mass is 10.3. The number of nitrogens with one attached hydrogen (secondary N) is 3. The largest absolute Gasteiger partial charge is 0.497 e. The summed E-state index contributed by atoms with van der Waals surface area (Å²) in [4.78, 5) is 29.0. The van der Waals surface area contributed by atoms with Crippen LogP contribution >= 0.6 is 11.3 Å². The number of carbonyl (C=O) groups excluding carboxylic acids is 2. The highest BCUT2D eigenvalue weighted by Crippen LogP contribution is 2.16. The average molecular weight is 401 g/mol. The average Bonchev–Trinajstić information content (AvgIpc) is 3.29. The second-order valence-electron chi connectivity index (χ2n) is 5.77. The fourth-order valence-electron chi connectivity index (χ4n) is 2.24. The van der Waals surface area contributed by atoms with Gasteiger partial charge in [-0.25, -0.2) is 14.5 Å². The maximum Gasteiger partial charge on any atom is 0.319 e. The van der Waals surface area contributed by atoms with E-state index in [1.165, 1.54) is 16.0 Å². The summed E-state index contributed by atoms with van der Waals surface area (Å²) in [7, 11) is 1.58. The molecule has 146 valence electrons. The number of ether oxygens (including phenoxy) is 1. The third-order valence-electron chi connectivity index (χ3n) is 3.54. The van der Waals surface area contributed by atoms with Crippen LogP contribution in [-0.4, -0.2) is 39.0 Å². The first-order valence-corrected chi connectivity index (χ1v) is 9.13. The summed E-state index contributed by atoms with van der Waals surface area (Å²) in [5.74, 6) is 0.451. The van der Waals surface area contributed by atoms with Crippen molar-refractivity contribution in [2.24, 2.45) is 0 Å². The van der Waals surface area contributed by atoms with Crippen molar-refractivity contribution in [1.29, 1.82) is 0 Å². The van der Waals surface area contributed by atoms with E-state index in [1.54, 1.807) is 43.8 Å². The Hall–Kier alpha value is -3.47. The van der Waals surface area contributed by atoms with Gasteiger partial charge in [-0.05, 0) is 31.2 Å². The Morgan fingerprint density at radius 3 is 2.68 bits per heavy atom. The van der Waals surface area contributed by atoms with Gasteiger partial charge in [0.05, 0.1) is 19.9 Å². The molecule has 1 aromatic carbocycles. The molecule has 0 atom stereocenters. The first kappa shape index (κ1) is 19.3. The number of aryl methyl sites for hydroxylation is 1. The molecule has 0 unspecified atom stereocenters. The predicted molar refractivity (Wildman–Crippen MR) is 104 cm³/mol. The number of rotatable bonds is 7. The summed E-state index contributed by atoms with van der Waals surface area (Å²) < 4.78 is 6.46. The molecular formula is C17H19N7O3S. The maximum absolute atomic E-state index is 12.0. The van der Waals surface area contributed by atoms with Gasteiger partial charge in [-0.2, -0.15) is 0 Å². The molecule has 28 heavy (non-hydrogen) atoms. The molecule has 3 amide bonds. The number of hydrogen-bond acceptors (Lipinski definition) is 7. The summed E-state index contributed by atoms with van der Waals surface area (Å²) in [5, 5.41) is 16.4. The van der Waals surface area contributed by atoms with Crippen molar-refractivity contribution in [2.75, 3.05) is 17.7 Å². The Morgan fingerprint density at radius 2 is 2.00 bits per heavy atom. The lowest BCUT2D eigenvalue weighted by molar-refractivity contribution is -0.116.